The molecule has 0 aliphatic rings. The van der Waals surface area contributed by atoms with Crippen LogP contribution in [-0.2, 0) is 25.5 Å². The Kier molecular flexibility index (Phi) is 6.91. The van der Waals surface area contributed by atoms with E-state index in [9.17, 15) is 41.3 Å². The van der Waals surface area contributed by atoms with Crippen molar-refractivity contribution in [2.45, 2.75) is 11.1 Å². The molecule has 31 heavy (non-hydrogen) atoms. The number of ether oxygens (including phenoxy) is 1. The van der Waals surface area contributed by atoms with Gasteiger partial charge >= 0.3 is 12.1 Å². The van der Waals surface area contributed by atoms with Crippen LogP contribution in [0.3, 0.4) is 0 Å². The van der Waals surface area contributed by atoms with Crippen molar-refractivity contribution in [2.24, 2.45) is 0 Å². The number of rotatable bonds is 6. The molecular weight excluding hydrogens is 469 g/mol. The second-order valence-electron chi connectivity index (χ2n) is 6.03. The van der Waals surface area contributed by atoms with E-state index in [0.717, 1.165) is 30.5 Å². The Bertz CT molecular complexity index is 1170. The topological polar surface area (TPSA) is 133 Å². The van der Waals surface area contributed by atoms with E-state index >= 15 is 0 Å². The molecule has 0 radical (unpaired) electrons. The first-order valence-corrected chi connectivity index (χ1v) is 10.3. The molecule has 0 unspecified atom stereocenters. The molecule has 2 aromatic rings. The van der Waals surface area contributed by atoms with Gasteiger partial charge in [-0.25, -0.2) is 13.2 Å². The van der Waals surface area contributed by atoms with Gasteiger partial charge in [0.25, 0.3) is 11.6 Å². The zero-order valence-corrected chi connectivity index (χ0v) is 17.0. The SMILES string of the molecule is CS(=O)(=O)c1ccc(C(=O)OCC(=O)Nc2ccc(Cl)c(C(F)(F)F)c2)cc1[N+](=O)[O-]. The fraction of sp³-hybridized carbons (Fsp3) is 0.176. The average molecular weight is 481 g/mol. The fourth-order valence-corrected chi connectivity index (χ4v) is 3.39. The van der Waals surface area contributed by atoms with Crippen LogP contribution >= 0.6 is 11.6 Å². The third-order valence-corrected chi connectivity index (χ3v) is 5.15. The van der Waals surface area contributed by atoms with Gasteiger partial charge in [-0.05, 0) is 30.3 Å². The summed E-state index contributed by atoms with van der Waals surface area (Å²) in [4.78, 5) is 33.3. The molecule has 14 heteroatoms. The van der Waals surface area contributed by atoms with Crippen molar-refractivity contribution in [3.8, 4) is 0 Å². The van der Waals surface area contributed by atoms with Crippen molar-refractivity contribution in [1.29, 1.82) is 0 Å². The molecule has 1 amide bonds. The van der Waals surface area contributed by atoms with Crippen LogP contribution in [0.5, 0.6) is 0 Å². The predicted octanol–water partition coefficient (Wildman–Crippen LogP) is 3.47. The number of carbonyl (C=O) groups excluding carboxylic acids is 2. The summed E-state index contributed by atoms with van der Waals surface area (Å²) < 4.78 is 66.4. The molecule has 0 saturated carbocycles. The Morgan fingerprint density at radius 3 is 2.39 bits per heavy atom. The number of amides is 1. The largest absolute Gasteiger partial charge is 0.452 e. The minimum atomic E-state index is -4.75. The first-order valence-electron chi connectivity index (χ1n) is 8.02. The van der Waals surface area contributed by atoms with Crippen molar-refractivity contribution in [2.75, 3.05) is 18.2 Å². The second kappa shape index (κ2) is 8.89. The molecule has 166 valence electrons. The molecule has 0 fully saturated rings. The maximum Gasteiger partial charge on any atom is 0.417 e. The van der Waals surface area contributed by atoms with Crippen LogP contribution in [0.4, 0.5) is 24.5 Å². The molecule has 0 saturated heterocycles. The Labute approximate surface area is 177 Å². The Balaban J connectivity index is 2.10. The highest BCUT2D eigenvalue weighted by atomic mass is 35.5. The highest BCUT2D eigenvalue weighted by Gasteiger charge is 2.33. The monoisotopic (exact) mass is 480 g/mol. The van der Waals surface area contributed by atoms with Crippen LogP contribution in [0.1, 0.15) is 15.9 Å². The summed E-state index contributed by atoms with van der Waals surface area (Å²) in [5.41, 5.74) is -2.70. The standard InChI is InChI=1S/C17H12ClF3N2O7S/c1-31(28,29)14-5-2-9(6-13(14)23(26)27)16(25)30-8-15(24)22-10-3-4-12(18)11(7-10)17(19,20)21/h2-7H,8H2,1H3,(H,22,24). The van der Waals surface area contributed by atoms with Crippen molar-refractivity contribution in [3.05, 3.63) is 62.7 Å². The maximum absolute atomic E-state index is 12.8. The number of nitrogens with one attached hydrogen (secondary N) is 1. The van der Waals surface area contributed by atoms with Crippen LogP contribution in [0, 0.1) is 10.1 Å². The number of nitro groups is 1. The number of halogens is 4. The zero-order chi connectivity index (χ0) is 23.6. The first-order chi connectivity index (χ1) is 14.2. The number of sulfone groups is 1. The minimum Gasteiger partial charge on any atom is -0.452 e. The van der Waals surface area contributed by atoms with Gasteiger partial charge in [0.2, 0.25) is 0 Å². The summed E-state index contributed by atoms with van der Waals surface area (Å²) >= 11 is 5.47. The molecule has 0 atom stereocenters. The quantitative estimate of drug-likeness (QED) is 0.380. The number of hydrogen-bond acceptors (Lipinski definition) is 7. The van der Waals surface area contributed by atoms with Gasteiger partial charge in [-0.2, -0.15) is 13.2 Å². The highest BCUT2D eigenvalue weighted by Crippen LogP contribution is 2.36. The van der Waals surface area contributed by atoms with Crippen LogP contribution in [-0.4, -0.2) is 38.1 Å². The Morgan fingerprint density at radius 1 is 1.19 bits per heavy atom. The van der Waals surface area contributed by atoms with E-state index in [1.54, 1.807) is 0 Å². The molecule has 0 heterocycles. The zero-order valence-electron chi connectivity index (χ0n) is 15.4. The second-order valence-corrected chi connectivity index (χ2v) is 8.42. The van der Waals surface area contributed by atoms with E-state index in [1.807, 2.05) is 0 Å². The molecule has 0 aliphatic carbocycles. The first kappa shape index (κ1) is 24.1. The van der Waals surface area contributed by atoms with Gasteiger partial charge in [-0.1, -0.05) is 11.6 Å². The summed E-state index contributed by atoms with van der Waals surface area (Å²) in [5, 5.41) is 12.6. The van der Waals surface area contributed by atoms with Gasteiger partial charge in [-0.3, -0.25) is 14.9 Å². The summed E-state index contributed by atoms with van der Waals surface area (Å²) in [6.07, 6.45) is -4.00. The lowest BCUT2D eigenvalue weighted by Gasteiger charge is -2.12. The van der Waals surface area contributed by atoms with Gasteiger partial charge in [0.1, 0.15) is 4.90 Å². The van der Waals surface area contributed by atoms with E-state index in [2.05, 4.69) is 10.1 Å². The van der Waals surface area contributed by atoms with E-state index in [0.29, 0.717) is 12.1 Å². The number of nitro benzene ring substituents is 1. The number of hydrogen-bond donors (Lipinski definition) is 1. The number of nitrogens with zero attached hydrogens (tertiary/aromatic N) is 1. The number of alkyl halides is 3. The Hall–Kier alpha value is -3.19. The van der Waals surface area contributed by atoms with Gasteiger partial charge < -0.3 is 10.1 Å². The molecule has 0 bridgehead atoms. The van der Waals surface area contributed by atoms with Crippen molar-refractivity contribution in [1.82, 2.24) is 0 Å². The van der Waals surface area contributed by atoms with Gasteiger partial charge in [0.05, 0.1) is 21.1 Å². The maximum atomic E-state index is 12.8. The van der Waals surface area contributed by atoms with Crippen molar-refractivity contribution in [3.63, 3.8) is 0 Å². The van der Waals surface area contributed by atoms with Crippen LogP contribution in [0.2, 0.25) is 5.02 Å². The molecule has 2 aromatic carbocycles. The van der Waals surface area contributed by atoms with Crippen molar-refractivity contribution >= 4 is 44.7 Å². The van der Waals surface area contributed by atoms with Crippen LogP contribution < -0.4 is 5.32 Å². The lowest BCUT2D eigenvalue weighted by Crippen LogP contribution is -2.21. The summed E-state index contributed by atoms with van der Waals surface area (Å²) in [7, 11) is -3.95. The number of esters is 1. The number of anilines is 1. The third kappa shape index (κ3) is 6.15. The highest BCUT2D eigenvalue weighted by molar-refractivity contribution is 7.90. The predicted molar refractivity (Wildman–Crippen MR) is 102 cm³/mol. The molecule has 0 aromatic heterocycles. The molecule has 1 N–H and O–H groups in total. The van der Waals surface area contributed by atoms with Crippen LogP contribution in [0.25, 0.3) is 0 Å². The minimum absolute atomic E-state index is 0.258. The third-order valence-electron chi connectivity index (χ3n) is 3.68. The smallest absolute Gasteiger partial charge is 0.417 e. The Morgan fingerprint density at radius 2 is 1.84 bits per heavy atom. The van der Waals surface area contributed by atoms with Gasteiger partial charge in [0, 0.05) is 18.0 Å². The normalized spacial score (nSPS) is 11.6. The van der Waals surface area contributed by atoms with Crippen molar-refractivity contribution < 1.29 is 40.8 Å². The van der Waals surface area contributed by atoms with E-state index < -0.39 is 66.2 Å². The number of benzene rings is 2. The van der Waals surface area contributed by atoms with Gasteiger partial charge in [0.15, 0.2) is 16.4 Å². The molecular formula is C17H12ClF3N2O7S. The summed E-state index contributed by atoms with van der Waals surface area (Å²) in [5.74, 6) is -2.18. The molecule has 2 rings (SSSR count). The lowest BCUT2D eigenvalue weighted by molar-refractivity contribution is -0.387. The van der Waals surface area contributed by atoms with Crippen LogP contribution in [0.15, 0.2) is 41.3 Å². The average Bonchev–Trinajstić information content (AvgIpc) is 2.65. The molecule has 0 aliphatic heterocycles. The lowest BCUT2D eigenvalue weighted by atomic mass is 10.2. The van der Waals surface area contributed by atoms with E-state index in [1.165, 1.54) is 0 Å². The van der Waals surface area contributed by atoms with E-state index in [4.69, 9.17) is 11.6 Å². The summed E-state index contributed by atoms with van der Waals surface area (Å²) in [6.45, 7) is -0.926. The molecule has 9 nitrogen and oxygen atoms in total. The fourth-order valence-electron chi connectivity index (χ4n) is 2.33. The number of carbonyl (C=O) groups is 2. The molecule has 0 spiro atoms. The summed E-state index contributed by atoms with van der Waals surface area (Å²) in [6, 6.07) is 5.09. The van der Waals surface area contributed by atoms with E-state index in [-0.39, 0.29) is 5.69 Å². The van der Waals surface area contributed by atoms with Gasteiger partial charge in [-0.15, -0.1) is 0 Å².